The van der Waals surface area contributed by atoms with E-state index < -0.39 is 11.5 Å². The van der Waals surface area contributed by atoms with Crippen LogP contribution in [-0.4, -0.2) is 18.0 Å². The summed E-state index contributed by atoms with van der Waals surface area (Å²) in [4.78, 5) is 0. The number of nitrogens with one attached hydrogen (secondary N) is 1. The minimum atomic E-state index is -2.51. The van der Waals surface area contributed by atoms with Crippen LogP contribution in [0.3, 0.4) is 0 Å². The monoisotopic (exact) mass is 203 g/mol. The molecular formula is C11H19F2N. The van der Waals surface area contributed by atoms with Crippen molar-refractivity contribution in [2.45, 2.75) is 56.9 Å². The molecule has 1 nitrogen and oxygen atoms in total. The maximum absolute atomic E-state index is 13.8. The molecular weight excluding hydrogens is 184 g/mol. The first-order valence-electron chi connectivity index (χ1n) is 5.69. The van der Waals surface area contributed by atoms with E-state index in [1.165, 1.54) is 0 Å². The van der Waals surface area contributed by atoms with Crippen LogP contribution in [-0.2, 0) is 0 Å². The molecule has 1 unspecified atom stereocenters. The van der Waals surface area contributed by atoms with Gasteiger partial charge >= 0.3 is 0 Å². The average Bonchev–Trinajstić information content (AvgIpc) is 2.63. The number of piperidine rings is 1. The summed E-state index contributed by atoms with van der Waals surface area (Å²) in [7, 11) is 0. The molecule has 1 saturated heterocycles. The molecule has 1 atom stereocenters. The SMILES string of the molecule is CC1(C2CCCC2)NCCCC1(F)F. The zero-order valence-electron chi connectivity index (χ0n) is 8.78. The molecule has 0 radical (unpaired) electrons. The van der Waals surface area contributed by atoms with E-state index in [1.54, 1.807) is 6.92 Å². The minimum Gasteiger partial charge on any atom is -0.306 e. The molecule has 0 amide bonds. The van der Waals surface area contributed by atoms with E-state index in [9.17, 15) is 8.78 Å². The lowest BCUT2D eigenvalue weighted by molar-refractivity contribution is -0.128. The summed E-state index contributed by atoms with van der Waals surface area (Å²) in [6, 6.07) is 0. The lowest BCUT2D eigenvalue weighted by atomic mass is 9.75. The van der Waals surface area contributed by atoms with Gasteiger partial charge in [-0.05, 0) is 38.6 Å². The molecule has 1 aliphatic carbocycles. The molecule has 0 aromatic carbocycles. The van der Waals surface area contributed by atoms with Crippen LogP contribution in [0.4, 0.5) is 8.78 Å². The lowest BCUT2D eigenvalue weighted by Crippen LogP contribution is -2.63. The number of rotatable bonds is 1. The third kappa shape index (κ3) is 1.46. The normalized spacial score (nSPS) is 38.8. The van der Waals surface area contributed by atoms with Crippen molar-refractivity contribution in [3.05, 3.63) is 0 Å². The van der Waals surface area contributed by atoms with Crippen molar-refractivity contribution in [1.29, 1.82) is 0 Å². The van der Waals surface area contributed by atoms with Crippen LogP contribution in [0, 0.1) is 5.92 Å². The Labute approximate surface area is 84.3 Å². The summed E-state index contributed by atoms with van der Waals surface area (Å²) in [6.07, 6.45) is 4.86. The Kier molecular flexibility index (Phi) is 2.54. The summed E-state index contributed by atoms with van der Waals surface area (Å²) < 4.78 is 27.7. The van der Waals surface area contributed by atoms with Crippen LogP contribution in [0.2, 0.25) is 0 Å². The van der Waals surface area contributed by atoms with Gasteiger partial charge in [-0.15, -0.1) is 0 Å². The molecule has 0 aromatic rings. The standard InChI is InChI=1S/C11H19F2N/c1-10(9-5-2-3-6-9)11(12,13)7-4-8-14-10/h9,14H,2-8H2,1H3. The topological polar surface area (TPSA) is 12.0 Å². The van der Waals surface area contributed by atoms with E-state index >= 15 is 0 Å². The first kappa shape index (κ1) is 10.3. The maximum Gasteiger partial charge on any atom is 0.265 e. The van der Waals surface area contributed by atoms with Gasteiger partial charge in [0.2, 0.25) is 0 Å². The van der Waals surface area contributed by atoms with Gasteiger partial charge in [0.15, 0.2) is 0 Å². The van der Waals surface area contributed by atoms with Gasteiger partial charge in [-0.1, -0.05) is 12.8 Å². The fraction of sp³-hybridized carbons (Fsp3) is 1.00. The van der Waals surface area contributed by atoms with Crippen LogP contribution in [0.1, 0.15) is 45.4 Å². The zero-order valence-corrected chi connectivity index (χ0v) is 8.78. The number of hydrogen-bond acceptors (Lipinski definition) is 1. The van der Waals surface area contributed by atoms with Crippen molar-refractivity contribution in [3.63, 3.8) is 0 Å². The largest absolute Gasteiger partial charge is 0.306 e. The molecule has 0 aromatic heterocycles. The van der Waals surface area contributed by atoms with Crippen LogP contribution in [0.15, 0.2) is 0 Å². The third-order valence-corrected chi connectivity index (χ3v) is 4.09. The molecule has 2 aliphatic rings. The minimum absolute atomic E-state index is 0.0625. The highest BCUT2D eigenvalue weighted by atomic mass is 19.3. The second-order valence-electron chi connectivity index (χ2n) is 4.92. The Bertz CT molecular complexity index is 211. The van der Waals surface area contributed by atoms with Gasteiger partial charge in [0.05, 0.1) is 5.54 Å². The Hall–Kier alpha value is -0.180. The first-order valence-corrected chi connectivity index (χ1v) is 5.69. The molecule has 0 spiro atoms. The van der Waals surface area contributed by atoms with Crippen molar-refractivity contribution in [1.82, 2.24) is 5.32 Å². The molecule has 2 fully saturated rings. The molecule has 82 valence electrons. The Morgan fingerprint density at radius 3 is 2.36 bits per heavy atom. The molecule has 14 heavy (non-hydrogen) atoms. The Balaban J connectivity index is 2.17. The quantitative estimate of drug-likeness (QED) is 0.691. The van der Waals surface area contributed by atoms with Crippen molar-refractivity contribution < 1.29 is 8.78 Å². The number of alkyl halides is 2. The summed E-state index contributed by atoms with van der Waals surface area (Å²) in [5.41, 5.74) is -0.929. The van der Waals surface area contributed by atoms with Crippen LogP contribution < -0.4 is 5.32 Å². The summed E-state index contributed by atoms with van der Waals surface area (Å²) in [6.45, 7) is 2.48. The number of hydrogen-bond donors (Lipinski definition) is 1. The molecule has 1 heterocycles. The number of halogens is 2. The smallest absolute Gasteiger partial charge is 0.265 e. The third-order valence-electron chi connectivity index (χ3n) is 4.09. The van der Waals surface area contributed by atoms with E-state index in [0.717, 1.165) is 32.2 Å². The second kappa shape index (κ2) is 3.44. The molecule has 0 bridgehead atoms. The molecule has 3 heteroatoms. The second-order valence-corrected chi connectivity index (χ2v) is 4.92. The Morgan fingerprint density at radius 1 is 1.14 bits per heavy atom. The van der Waals surface area contributed by atoms with Gasteiger partial charge in [-0.25, -0.2) is 8.78 Å². The highest BCUT2D eigenvalue weighted by Crippen LogP contribution is 2.46. The van der Waals surface area contributed by atoms with Gasteiger partial charge in [-0.2, -0.15) is 0 Å². The van der Waals surface area contributed by atoms with Crippen molar-refractivity contribution >= 4 is 0 Å². The van der Waals surface area contributed by atoms with Gasteiger partial charge in [0.25, 0.3) is 5.92 Å². The molecule has 1 saturated carbocycles. The highest BCUT2D eigenvalue weighted by Gasteiger charge is 2.55. The molecule has 1 N–H and O–H groups in total. The predicted octanol–water partition coefficient (Wildman–Crippen LogP) is 2.95. The van der Waals surface area contributed by atoms with E-state index in [0.29, 0.717) is 6.42 Å². The van der Waals surface area contributed by atoms with Crippen LogP contribution in [0.25, 0.3) is 0 Å². The fourth-order valence-corrected chi connectivity index (χ4v) is 2.99. The van der Waals surface area contributed by atoms with Crippen molar-refractivity contribution in [2.24, 2.45) is 5.92 Å². The predicted molar refractivity (Wildman–Crippen MR) is 52.5 cm³/mol. The van der Waals surface area contributed by atoms with Crippen LogP contribution in [0.5, 0.6) is 0 Å². The maximum atomic E-state index is 13.8. The first-order chi connectivity index (χ1) is 6.56. The van der Waals surface area contributed by atoms with Crippen molar-refractivity contribution in [3.8, 4) is 0 Å². The van der Waals surface area contributed by atoms with E-state index in [-0.39, 0.29) is 12.3 Å². The van der Waals surface area contributed by atoms with Gasteiger partial charge in [0.1, 0.15) is 0 Å². The molecule has 2 rings (SSSR count). The molecule has 1 aliphatic heterocycles. The lowest BCUT2D eigenvalue weighted by Gasteiger charge is -2.46. The van der Waals surface area contributed by atoms with Crippen molar-refractivity contribution in [2.75, 3.05) is 6.54 Å². The Morgan fingerprint density at radius 2 is 1.79 bits per heavy atom. The van der Waals surface area contributed by atoms with Gasteiger partial charge in [0, 0.05) is 6.42 Å². The average molecular weight is 203 g/mol. The summed E-state index contributed by atoms with van der Waals surface area (Å²) >= 11 is 0. The van der Waals surface area contributed by atoms with E-state index in [4.69, 9.17) is 0 Å². The van der Waals surface area contributed by atoms with Crippen LogP contribution >= 0.6 is 0 Å². The fourth-order valence-electron chi connectivity index (χ4n) is 2.99. The van der Waals surface area contributed by atoms with E-state index in [2.05, 4.69) is 5.32 Å². The van der Waals surface area contributed by atoms with E-state index in [1.807, 2.05) is 0 Å². The summed E-state index contributed by atoms with van der Waals surface area (Å²) in [5.74, 6) is -2.34. The van der Waals surface area contributed by atoms with Gasteiger partial charge < -0.3 is 5.32 Å². The van der Waals surface area contributed by atoms with Gasteiger partial charge in [-0.3, -0.25) is 0 Å². The zero-order chi connectivity index (χ0) is 10.2. The highest BCUT2D eigenvalue weighted by molar-refractivity contribution is 5.05. The summed E-state index contributed by atoms with van der Waals surface area (Å²) in [5, 5.41) is 3.08.